The molecule has 130 valence electrons. The molecule has 1 unspecified atom stereocenters. The lowest BCUT2D eigenvalue weighted by Crippen LogP contribution is -2.52. The standard InChI is InChI=1S/C15H20ClN5.C3H6/c1-3-18-21-11(2)13-10-12(16)4-5-14(13)19-15(21)20-8-6-17-7-9-20;1-3-2/h3-5,10-11,17H,6-9H2,1-2H3;3H,1H2,2H3/b18-3-;. The SMILES string of the molecule is C/C=N\N1C(N2CCNCC2)=Nc2ccc(Cl)cc2C1C.C=CC. The molecule has 2 heterocycles. The Labute approximate surface area is 149 Å². The minimum Gasteiger partial charge on any atom is -0.338 e. The van der Waals surface area contributed by atoms with Gasteiger partial charge in [-0.05, 0) is 39.0 Å². The number of fused-ring (bicyclic) bond motifs is 1. The molecule has 0 radical (unpaired) electrons. The lowest BCUT2D eigenvalue weighted by atomic mass is 10.0. The Morgan fingerprint density at radius 1 is 1.33 bits per heavy atom. The van der Waals surface area contributed by atoms with Crippen molar-refractivity contribution >= 4 is 29.5 Å². The van der Waals surface area contributed by atoms with Crippen molar-refractivity contribution in [2.45, 2.75) is 26.8 Å². The number of hydrogen-bond donors (Lipinski definition) is 1. The molecule has 0 bridgehead atoms. The molecule has 0 spiro atoms. The van der Waals surface area contributed by atoms with E-state index in [0.29, 0.717) is 0 Å². The summed E-state index contributed by atoms with van der Waals surface area (Å²) in [6.45, 7) is 13.2. The predicted octanol–water partition coefficient (Wildman–Crippen LogP) is 3.81. The highest BCUT2D eigenvalue weighted by molar-refractivity contribution is 6.30. The van der Waals surface area contributed by atoms with Gasteiger partial charge in [-0.2, -0.15) is 5.10 Å². The molecule has 3 rings (SSSR count). The lowest BCUT2D eigenvalue weighted by Gasteiger charge is -2.39. The molecule has 1 fully saturated rings. The number of hydrazone groups is 1. The number of nitrogens with one attached hydrogen (secondary N) is 1. The molecule has 0 aromatic heterocycles. The molecule has 1 aromatic rings. The molecule has 0 saturated carbocycles. The summed E-state index contributed by atoms with van der Waals surface area (Å²) in [6.07, 6.45) is 3.56. The molecule has 6 heteroatoms. The molecule has 5 nitrogen and oxygen atoms in total. The molecule has 24 heavy (non-hydrogen) atoms. The summed E-state index contributed by atoms with van der Waals surface area (Å²) in [5, 5.41) is 10.6. The van der Waals surface area contributed by atoms with Crippen LogP contribution in [0.4, 0.5) is 5.69 Å². The van der Waals surface area contributed by atoms with Crippen molar-refractivity contribution in [3.05, 3.63) is 41.4 Å². The first kappa shape index (κ1) is 18.5. The third-order valence-electron chi connectivity index (χ3n) is 3.87. The Hall–Kier alpha value is -1.85. The average Bonchev–Trinajstić information content (AvgIpc) is 2.59. The van der Waals surface area contributed by atoms with Gasteiger partial charge >= 0.3 is 0 Å². The maximum Gasteiger partial charge on any atom is 0.223 e. The van der Waals surface area contributed by atoms with Crippen LogP contribution >= 0.6 is 11.6 Å². The number of rotatable bonds is 1. The maximum atomic E-state index is 6.13. The predicted molar refractivity (Wildman–Crippen MR) is 103 cm³/mol. The average molecular weight is 348 g/mol. The van der Waals surface area contributed by atoms with Gasteiger partial charge in [-0.15, -0.1) is 6.58 Å². The molecule has 2 aliphatic rings. The second kappa shape index (κ2) is 8.85. The van der Waals surface area contributed by atoms with Gasteiger partial charge in [-0.25, -0.2) is 10.0 Å². The van der Waals surface area contributed by atoms with Gasteiger partial charge < -0.3 is 10.2 Å². The van der Waals surface area contributed by atoms with Crippen LogP contribution in [-0.4, -0.2) is 48.3 Å². The van der Waals surface area contributed by atoms with E-state index in [2.05, 4.69) is 28.8 Å². The minimum atomic E-state index is 0.122. The molecule has 1 saturated heterocycles. The van der Waals surface area contributed by atoms with Crippen LogP contribution in [0.15, 0.2) is 40.9 Å². The highest BCUT2D eigenvalue weighted by Crippen LogP contribution is 2.37. The van der Waals surface area contributed by atoms with E-state index in [1.807, 2.05) is 43.3 Å². The van der Waals surface area contributed by atoms with Gasteiger partial charge in [-0.1, -0.05) is 17.7 Å². The van der Waals surface area contributed by atoms with Crippen LogP contribution in [0.2, 0.25) is 5.02 Å². The smallest absolute Gasteiger partial charge is 0.223 e. The van der Waals surface area contributed by atoms with Crippen molar-refractivity contribution in [1.29, 1.82) is 0 Å². The lowest BCUT2D eigenvalue weighted by molar-refractivity contribution is 0.259. The quantitative estimate of drug-likeness (QED) is 0.620. The second-order valence-electron chi connectivity index (χ2n) is 5.65. The number of nitrogens with zero attached hydrogens (tertiary/aromatic N) is 4. The van der Waals surface area contributed by atoms with Crippen LogP contribution < -0.4 is 5.32 Å². The van der Waals surface area contributed by atoms with Gasteiger partial charge in [0.05, 0.1) is 11.7 Å². The third-order valence-corrected chi connectivity index (χ3v) is 4.11. The fraction of sp³-hybridized carbons (Fsp3) is 0.444. The summed E-state index contributed by atoms with van der Waals surface area (Å²) < 4.78 is 0. The first-order valence-electron chi connectivity index (χ1n) is 8.31. The van der Waals surface area contributed by atoms with E-state index in [9.17, 15) is 0 Å². The van der Waals surface area contributed by atoms with E-state index in [4.69, 9.17) is 16.6 Å². The van der Waals surface area contributed by atoms with Gasteiger partial charge in [0.1, 0.15) is 0 Å². The molecule has 0 aliphatic carbocycles. The fourth-order valence-corrected chi connectivity index (χ4v) is 2.96. The topological polar surface area (TPSA) is 43.2 Å². The number of benzene rings is 1. The van der Waals surface area contributed by atoms with Crippen molar-refractivity contribution in [2.24, 2.45) is 10.1 Å². The van der Waals surface area contributed by atoms with E-state index in [-0.39, 0.29) is 6.04 Å². The van der Waals surface area contributed by atoms with Gasteiger partial charge in [0.15, 0.2) is 0 Å². The Morgan fingerprint density at radius 3 is 2.62 bits per heavy atom. The van der Waals surface area contributed by atoms with E-state index in [0.717, 1.165) is 48.4 Å². The van der Waals surface area contributed by atoms with Crippen LogP contribution in [-0.2, 0) is 0 Å². The van der Waals surface area contributed by atoms with Crippen molar-refractivity contribution in [2.75, 3.05) is 26.2 Å². The Balaban J connectivity index is 0.000000647. The highest BCUT2D eigenvalue weighted by Gasteiger charge is 2.30. The summed E-state index contributed by atoms with van der Waals surface area (Å²) in [5.41, 5.74) is 2.11. The molecule has 0 amide bonds. The monoisotopic (exact) mass is 347 g/mol. The summed E-state index contributed by atoms with van der Waals surface area (Å²) in [7, 11) is 0. The fourth-order valence-electron chi connectivity index (χ4n) is 2.78. The van der Waals surface area contributed by atoms with Crippen molar-refractivity contribution in [3.63, 3.8) is 0 Å². The zero-order chi connectivity index (χ0) is 17.5. The number of allylic oxidation sites excluding steroid dienone is 1. The molecule has 1 N–H and O–H groups in total. The molecule has 2 aliphatic heterocycles. The number of piperazine rings is 1. The van der Waals surface area contributed by atoms with E-state index in [1.165, 1.54) is 0 Å². The number of aliphatic imine (C=N–C) groups is 1. The Kier molecular flexibility index (Phi) is 6.82. The molecular weight excluding hydrogens is 322 g/mol. The van der Waals surface area contributed by atoms with Crippen molar-refractivity contribution in [1.82, 2.24) is 15.2 Å². The zero-order valence-corrected chi connectivity index (χ0v) is 15.4. The van der Waals surface area contributed by atoms with Gasteiger partial charge in [0.25, 0.3) is 0 Å². The van der Waals surface area contributed by atoms with Gasteiger partial charge in [-0.3, -0.25) is 0 Å². The summed E-state index contributed by atoms with van der Waals surface area (Å²) in [6, 6.07) is 5.99. The summed E-state index contributed by atoms with van der Waals surface area (Å²) in [4.78, 5) is 7.12. The third kappa shape index (κ3) is 4.16. The normalized spacial score (nSPS) is 20.2. The van der Waals surface area contributed by atoms with Crippen LogP contribution in [0.25, 0.3) is 0 Å². The van der Waals surface area contributed by atoms with E-state index >= 15 is 0 Å². The number of hydrogen-bond acceptors (Lipinski definition) is 5. The van der Waals surface area contributed by atoms with Crippen molar-refractivity contribution in [3.8, 4) is 0 Å². The molecular formula is C18H26ClN5. The number of guanidine groups is 1. The van der Waals surface area contributed by atoms with Crippen LogP contribution in [0.5, 0.6) is 0 Å². The van der Waals surface area contributed by atoms with E-state index < -0.39 is 0 Å². The maximum absolute atomic E-state index is 6.13. The summed E-state index contributed by atoms with van der Waals surface area (Å²) in [5.74, 6) is 0.928. The van der Waals surface area contributed by atoms with Gasteiger partial charge in [0, 0.05) is 43.0 Å². The van der Waals surface area contributed by atoms with Crippen molar-refractivity contribution < 1.29 is 0 Å². The van der Waals surface area contributed by atoms with E-state index in [1.54, 1.807) is 6.08 Å². The summed E-state index contributed by atoms with van der Waals surface area (Å²) >= 11 is 6.13. The van der Waals surface area contributed by atoms with Crippen LogP contribution in [0.1, 0.15) is 32.4 Å². The first-order chi connectivity index (χ1) is 11.6. The molecule has 1 aromatic carbocycles. The number of halogens is 1. The zero-order valence-electron chi connectivity index (χ0n) is 14.7. The largest absolute Gasteiger partial charge is 0.338 e. The Bertz CT molecular complexity index is 620. The van der Waals surface area contributed by atoms with Crippen LogP contribution in [0, 0.1) is 0 Å². The minimum absolute atomic E-state index is 0.122. The van der Waals surface area contributed by atoms with Crippen LogP contribution in [0.3, 0.4) is 0 Å². The second-order valence-corrected chi connectivity index (χ2v) is 6.09. The molecule has 1 atom stereocenters. The Morgan fingerprint density at radius 2 is 2.00 bits per heavy atom. The highest BCUT2D eigenvalue weighted by atomic mass is 35.5. The van der Waals surface area contributed by atoms with Gasteiger partial charge in [0.2, 0.25) is 5.96 Å². The first-order valence-corrected chi connectivity index (χ1v) is 8.68.